The number of carbonyl (C=O) groups excluding carboxylic acids is 1. The van der Waals surface area contributed by atoms with Gasteiger partial charge in [-0.05, 0) is 36.4 Å². The van der Waals surface area contributed by atoms with Crippen molar-refractivity contribution in [2.24, 2.45) is 0 Å². The van der Waals surface area contributed by atoms with Gasteiger partial charge in [-0.15, -0.1) is 0 Å². The third kappa shape index (κ3) is 4.09. The molecule has 26 heavy (non-hydrogen) atoms. The Hall–Kier alpha value is -2.70. The van der Waals surface area contributed by atoms with Gasteiger partial charge in [0.1, 0.15) is 16.7 Å². The number of rotatable bonds is 4. The first-order valence-electron chi connectivity index (χ1n) is 7.28. The molecular weight excluding hydrogens is 385 g/mol. The van der Waals surface area contributed by atoms with Crippen LogP contribution in [0, 0.1) is 11.6 Å². The summed E-state index contributed by atoms with van der Waals surface area (Å²) >= 11 is 11.8. The number of halogens is 4. The van der Waals surface area contributed by atoms with E-state index in [1.165, 1.54) is 18.3 Å². The molecule has 0 aliphatic rings. The molecule has 0 spiro atoms. The zero-order chi connectivity index (χ0) is 18.7. The number of aromatic nitrogens is 1. The van der Waals surface area contributed by atoms with Crippen LogP contribution < -0.4 is 10.1 Å². The Labute approximate surface area is 157 Å². The van der Waals surface area contributed by atoms with E-state index in [2.05, 4.69) is 10.3 Å². The fourth-order valence-electron chi connectivity index (χ4n) is 2.10. The first-order valence-corrected chi connectivity index (χ1v) is 8.04. The number of nitrogens with one attached hydrogen (secondary N) is 1. The summed E-state index contributed by atoms with van der Waals surface area (Å²) in [5.74, 6) is -2.10. The van der Waals surface area contributed by atoms with Gasteiger partial charge in [-0.25, -0.2) is 13.8 Å². The van der Waals surface area contributed by atoms with Crippen molar-refractivity contribution >= 4 is 34.8 Å². The molecule has 3 aromatic rings. The van der Waals surface area contributed by atoms with Crippen LogP contribution in [0.3, 0.4) is 0 Å². The van der Waals surface area contributed by atoms with Gasteiger partial charge in [0, 0.05) is 6.20 Å². The maximum absolute atomic E-state index is 13.8. The van der Waals surface area contributed by atoms with Crippen LogP contribution >= 0.6 is 23.2 Å². The maximum Gasteiger partial charge on any atom is 0.258 e. The molecule has 0 atom stereocenters. The molecule has 1 heterocycles. The smallest absolute Gasteiger partial charge is 0.258 e. The van der Waals surface area contributed by atoms with Crippen molar-refractivity contribution in [3.05, 3.63) is 82.0 Å². The summed E-state index contributed by atoms with van der Waals surface area (Å²) in [6.07, 6.45) is 1.35. The SMILES string of the molecule is O=C(Nc1ccccc1Oc1ncc(Cl)cc1Cl)c1cc(F)ccc1F. The number of ether oxygens (including phenoxy) is 1. The quantitative estimate of drug-likeness (QED) is 0.616. The van der Waals surface area contributed by atoms with Gasteiger partial charge in [0.25, 0.3) is 5.91 Å². The van der Waals surface area contributed by atoms with Gasteiger partial charge in [0.15, 0.2) is 5.75 Å². The molecule has 4 nitrogen and oxygen atoms in total. The zero-order valence-electron chi connectivity index (χ0n) is 13.0. The number of hydrogen-bond donors (Lipinski definition) is 1. The second kappa shape index (κ2) is 7.68. The minimum Gasteiger partial charge on any atom is -0.435 e. The van der Waals surface area contributed by atoms with Crippen molar-refractivity contribution in [2.75, 3.05) is 5.32 Å². The normalized spacial score (nSPS) is 10.5. The molecule has 0 radical (unpaired) electrons. The summed E-state index contributed by atoms with van der Waals surface area (Å²) in [7, 11) is 0. The molecule has 1 N–H and O–H groups in total. The second-order valence-electron chi connectivity index (χ2n) is 5.12. The molecule has 0 unspecified atom stereocenters. The molecule has 8 heteroatoms. The van der Waals surface area contributed by atoms with Crippen LogP contribution in [0.5, 0.6) is 11.6 Å². The van der Waals surface area contributed by atoms with Crippen molar-refractivity contribution in [3.63, 3.8) is 0 Å². The molecule has 0 fully saturated rings. The van der Waals surface area contributed by atoms with E-state index in [0.717, 1.165) is 18.2 Å². The van der Waals surface area contributed by atoms with Gasteiger partial charge in [-0.2, -0.15) is 0 Å². The van der Waals surface area contributed by atoms with E-state index in [1.54, 1.807) is 18.2 Å². The maximum atomic E-state index is 13.8. The van der Waals surface area contributed by atoms with E-state index < -0.39 is 23.1 Å². The Kier molecular flexibility index (Phi) is 5.35. The van der Waals surface area contributed by atoms with Gasteiger partial charge in [-0.3, -0.25) is 4.79 Å². The lowest BCUT2D eigenvalue weighted by atomic mass is 10.2. The van der Waals surface area contributed by atoms with Crippen LogP contribution in [0.25, 0.3) is 0 Å². The number of benzene rings is 2. The third-order valence-corrected chi connectivity index (χ3v) is 3.77. The van der Waals surface area contributed by atoms with E-state index in [9.17, 15) is 13.6 Å². The fraction of sp³-hybridized carbons (Fsp3) is 0. The van der Waals surface area contributed by atoms with E-state index >= 15 is 0 Å². The molecule has 0 aliphatic heterocycles. The largest absolute Gasteiger partial charge is 0.435 e. The summed E-state index contributed by atoms with van der Waals surface area (Å²) in [6, 6.07) is 10.5. The van der Waals surface area contributed by atoms with E-state index in [1.807, 2.05) is 0 Å². The average molecular weight is 395 g/mol. The predicted molar refractivity (Wildman–Crippen MR) is 95.1 cm³/mol. The third-order valence-electron chi connectivity index (χ3n) is 3.29. The summed E-state index contributed by atoms with van der Waals surface area (Å²) in [5, 5.41) is 2.99. The Balaban J connectivity index is 1.87. The van der Waals surface area contributed by atoms with Crippen LogP contribution in [0.1, 0.15) is 10.4 Å². The average Bonchev–Trinajstić information content (AvgIpc) is 2.61. The lowest BCUT2D eigenvalue weighted by molar-refractivity contribution is 0.102. The van der Waals surface area contributed by atoms with Gasteiger partial charge >= 0.3 is 0 Å². The van der Waals surface area contributed by atoms with Gasteiger partial charge in [0.2, 0.25) is 5.88 Å². The van der Waals surface area contributed by atoms with Gasteiger partial charge in [0.05, 0.1) is 16.3 Å². The number of nitrogens with zero attached hydrogens (tertiary/aromatic N) is 1. The van der Waals surface area contributed by atoms with Gasteiger partial charge in [-0.1, -0.05) is 35.3 Å². The number of carbonyl (C=O) groups is 1. The predicted octanol–water partition coefficient (Wildman–Crippen LogP) is 5.71. The fourth-order valence-corrected chi connectivity index (χ4v) is 2.52. The lowest BCUT2D eigenvalue weighted by Gasteiger charge is -2.12. The van der Waals surface area contributed by atoms with E-state index in [4.69, 9.17) is 27.9 Å². The summed E-state index contributed by atoms with van der Waals surface area (Å²) in [6.45, 7) is 0. The zero-order valence-corrected chi connectivity index (χ0v) is 14.5. The van der Waals surface area contributed by atoms with Gasteiger partial charge < -0.3 is 10.1 Å². The van der Waals surface area contributed by atoms with Crippen LogP contribution in [-0.4, -0.2) is 10.9 Å². The molecule has 0 saturated carbocycles. The number of anilines is 1. The minimum atomic E-state index is -0.843. The Morgan fingerprint density at radius 3 is 2.62 bits per heavy atom. The Morgan fingerprint density at radius 2 is 1.85 bits per heavy atom. The van der Waals surface area contributed by atoms with Crippen molar-refractivity contribution in [2.45, 2.75) is 0 Å². The van der Waals surface area contributed by atoms with Crippen molar-refractivity contribution in [3.8, 4) is 11.6 Å². The van der Waals surface area contributed by atoms with Crippen molar-refractivity contribution in [1.82, 2.24) is 4.98 Å². The minimum absolute atomic E-state index is 0.0784. The Bertz CT molecular complexity index is 983. The lowest BCUT2D eigenvalue weighted by Crippen LogP contribution is -2.14. The highest BCUT2D eigenvalue weighted by Crippen LogP contribution is 2.33. The van der Waals surface area contributed by atoms with E-state index in [-0.39, 0.29) is 22.3 Å². The summed E-state index contributed by atoms with van der Waals surface area (Å²) < 4.78 is 32.6. The van der Waals surface area contributed by atoms with E-state index in [0.29, 0.717) is 5.02 Å². The van der Waals surface area contributed by atoms with Crippen LogP contribution in [0.15, 0.2) is 54.7 Å². The summed E-state index contributed by atoms with van der Waals surface area (Å²) in [4.78, 5) is 16.2. The topological polar surface area (TPSA) is 51.2 Å². The first-order chi connectivity index (χ1) is 12.4. The monoisotopic (exact) mass is 394 g/mol. The molecule has 2 aromatic carbocycles. The number of hydrogen-bond acceptors (Lipinski definition) is 3. The standard InChI is InChI=1S/C18H10Cl2F2N2O2/c19-10-7-13(20)18(23-9-10)26-16-4-2-1-3-15(16)24-17(25)12-8-11(21)5-6-14(12)22/h1-9H,(H,24,25). The highest BCUT2D eigenvalue weighted by molar-refractivity contribution is 6.35. The van der Waals surface area contributed by atoms with Crippen LogP contribution in [-0.2, 0) is 0 Å². The molecule has 0 bridgehead atoms. The number of para-hydroxylation sites is 2. The molecule has 132 valence electrons. The highest BCUT2D eigenvalue weighted by atomic mass is 35.5. The van der Waals surface area contributed by atoms with Crippen molar-refractivity contribution < 1.29 is 18.3 Å². The van der Waals surface area contributed by atoms with Crippen LogP contribution in [0.4, 0.5) is 14.5 Å². The first kappa shape index (κ1) is 18.1. The molecule has 3 rings (SSSR count). The highest BCUT2D eigenvalue weighted by Gasteiger charge is 2.16. The Morgan fingerprint density at radius 1 is 1.08 bits per heavy atom. The molecule has 0 aliphatic carbocycles. The second-order valence-corrected chi connectivity index (χ2v) is 5.96. The van der Waals surface area contributed by atoms with Crippen LogP contribution in [0.2, 0.25) is 10.0 Å². The molecule has 1 aromatic heterocycles. The molecule has 1 amide bonds. The number of pyridine rings is 1. The number of amides is 1. The summed E-state index contributed by atoms with van der Waals surface area (Å²) in [5.41, 5.74) is -0.198. The van der Waals surface area contributed by atoms with Crippen molar-refractivity contribution in [1.29, 1.82) is 0 Å². The molecule has 0 saturated heterocycles. The molecular formula is C18H10Cl2F2N2O2.